The van der Waals surface area contributed by atoms with E-state index < -0.39 is 17.7 Å². The van der Waals surface area contributed by atoms with E-state index >= 15 is 0 Å². The number of hydrogen-bond donors (Lipinski definition) is 1. The lowest BCUT2D eigenvalue weighted by Gasteiger charge is -2.23. The maximum atomic E-state index is 13.5. The number of hydrogen-bond acceptors (Lipinski definition) is 6. The fourth-order valence-corrected chi connectivity index (χ4v) is 5.84. The summed E-state index contributed by atoms with van der Waals surface area (Å²) >= 11 is 7.43. The van der Waals surface area contributed by atoms with Gasteiger partial charge in [0.25, 0.3) is 5.78 Å². The summed E-state index contributed by atoms with van der Waals surface area (Å²) in [5.74, 6) is -1.14. The first-order valence-corrected chi connectivity index (χ1v) is 13.4. The lowest BCUT2D eigenvalue weighted by atomic mass is 9.95. The van der Waals surface area contributed by atoms with Gasteiger partial charge < -0.3 is 9.84 Å². The van der Waals surface area contributed by atoms with Crippen LogP contribution in [0.25, 0.3) is 16.0 Å². The first-order chi connectivity index (χ1) is 19.0. The van der Waals surface area contributed by atoms with Gasteiger partial charge in [0.15, 0.2) is 5.13 Å². The minimum atomic E-state index is -0.885. The summed E-state index contributed by atoms with van der Waals surface area (Å²) in [6.45, 7) is 0.404. The number of halogens is 1. The number of aliphatic hydroxyl groups excluding tert-OH is 1. The van der Waals surface area contributed by atoms with Crippen molar-refractivity contribution in [2.75, 3.05) is 4.90 Å². The molecule has 1 N–H and O–H groups in total. The molecule has 4 aromatic carbocycles. The van der Waals surface area contributed by atoms with E-state index in [1.807, 2.05) is 36.4 Å². The molecule has 0 saturated carbocycles. The third-order valence-electron chi connectivity index (χ3n) is 6.48. The van der Waals surface area contributed by atoms with Crippen molar-refractivity contribution in [3.63, 3.8) is 0 Å². The van der Waals surface area contributed by atoms with Gasteiger partial charge in [-0.15, -0.1) is 0 Å². The number of carbonyl (C=O) groups excluding carboxylic acids is 2. The Labute approximate surface area is 233 Å². The van der Waals surface area contributed by atoms with E-state index in [0.29, 0.717) is 39.2 Å². The summed E-state index contributed by atoms with van der Waals surface area (Å²) in [5, 5.41) is 12.2. The second-order valence-corrected chi connectivity index (χ2v) is 10.4. The Morgan fingerprint density at radius 3 is 2.33 bits per heavy atom. The number of benzene rings is 4. The third kappa shape index (κ3) is 4.78. The molecule has 1 fully saturated rings. The molecule has 2 heterocycles. The van der Waals surface area contributed by atoms with Gasteiger partial charge in [-0.05, 0) is 41.5 Å². The summed E-state index contributed by atoms with van der Waals surface area (Å²) in [4.78, 5) is 32.8. The SMILES string of the molecule is O=C1C(=O)N(c2nc3ccc(Cl)cc3s2)C(c2ccc(OCc3ccccc3)cc2)/C1=C(\O)c1ccccc1. The van der Waals surface area contributed by atoms with Gasteiger partial charge in [-0.1, -0.05) is 95.7 Å². The molecule has 39 heavy (non-hydrogen) atoms. The van der Waals surface area contributed by atoms with Crippen LogP contribution in [0.15, 0.2) is 109 Å². The topological polar surface area (TPSA) is 79.7 Å². The molecule has 1 saturated heterocycles. The molecule has 1 aromatic heterocycles. The van der Waals surface area contributed by atoms with Crippen molar-refractivity contribution in [2.45, 2.75) is 12.6 Å². The maximum Gasteiger partial charge on any atom is 0.301 e. The van der Waals surface area contributed by atoms with Crippen LogP contribution >= 0.6 is 22.9 Å². The molecule has 1 aliphatic rings. The number of aromatic nitrogens is 1. The van der Waals surface area contributed by atoms with E-state index in [-0.39, 0.29) is 11.3 Å². The highest BCUT2D eigenvalue weighted by Gasteiger charge is 2.48. The highest BCUT2D eigenvalue weighted by molar-refractivity contribution is 7.22. The minimum Gasteiger partial charge on any atom is -0.507 e. The Morgan fingerprint density at radius 1 is 0.923 bits per heavy atom. The molecular formula is C31H21ClN2O4S. The number of carbonyl (C=O) groups is 2. The standard InChI is InChI=1S/C31H21ClN2O4S/c32-22-13-16-24-25(17-22)39-31(33-24)34-27(26(29(36)30(34)37)28(35)21-9-5-2-6-10-21)20-11-14-23(15-12-20)38-18-19-7-3-1-4-8-19/h1-17,27,35H,18H2/b28-26+. The summed E-state index contributed by atoms with van der Waals surface area (Å²) in [7, 11) is 0. The van der Waals surface area contributed by atoms with Gasteiger partial charge in [0, 0.05) is 10.6 Å². The van der Waals surface area contributed by atoms with E-state index in [1.165, 1.54) is 16.2 Å². The fraction of sp³-hybridized carbons (Fsp3) is 0.0645. The number of fused-ring (bicyclic) bond motifs is 1. The zero-order valence-corrected chi connectivity index (χ0v) is 22.0. The molecule has 0 bridgehead atoms. The first-order valence-electron chi connectivity index (χ1n) is 12.2. The largest absolute Gasteiger partial charge is 0.507 e. The van der Waals surface area contributed by atoms with Crippen molar-refractivity contribution in [2.24, 2.45) is 0 Å². The van der Waals surface area contributed by atoms with Crippen molar-refractivity contribution in [1.82, 2.24) is 4.98 Å². The van der Waals surface area contributed by atoms with Crippen LogP contribution in [0.3, 0.4) is 0 Å². The minimum absolute atomic E-state index is 0.00134. The van der Waals surface area contributed by atoms with E-state index in [0.717, 1.165) is 10.3 Å². The number of thiazole rings is 1. The van der Waals surface area contributed by atoms with Gasteiger partial charge in [0.1, 0.15) is 18.1 Å². The summed E-state index contributed by atoms with van der Waals surface area (Å²) in [6, 6.07) is 30.1. The number of nitrogens with zero attached hydrogens (tertiary/aromatic N) is 2. The molecule has 1 atom stereocenters. The highest BCUT2D eigenvalue weighted by atomic mass is 35.5. The second kappa shape index (κ2) is 10.4. The molecule has 6 nitrogen and oxygen atoms in total. The monoisotopic (exact) mass is 552 g/mol. The molecule has 1 unspecified atom stereocenters. The van der Waals surface area contributed by atoms with Gasteiger partial charge in [-0.25, -0.2) is 4.98 Å². The summed E-state index contributed by atoms with van der Waals surface area (Å²) < 4.78 is 6.71. The van der Waals surface area contributed by atoms with Crippen LogP contribution in [-0.2, 0) is 16.2 Å². The van der Waals surface area contributed by atoms with Gasteiger partial charge >= 0.3 is 5.91 Å². The Kier molecular flexibility index (Phi) is 6.60. The Balaban J connectivity index is 1.42. The Hall–Kier alpha value is -4.46. The molecule has 1 amide bonds. The molecule has 192 valence electrons. The molecule has 1 aliphatic heterocycles. The van der Waals surface area contributed by atoms with Crippen LogP contribution in [0.2, 0.25) is 5.02 Å². The van der Waals surface area contributed by atoms with E-state index in [9.17, 15) is 14.7 Å². The zero-order valence-electron chi connectivity index (χ0n) is 20.5. The van der Waals surface area contributed by atoms with Crippen molar-refractivity contribution < 1.29 is 19.4 Å². The van der Waals surface area contributed by atoms with E-state index in [2.05, 4.69) is 4.98 Å². The zero-order chi connectivity index (χ0) is 26.9. The molecule has 0 spiro atoms. The van der Waals surface area contributed by atoms with Gasteiger partial charge in [0.05, 0.1) is 21.8 Å². The third-order valence-corrected chi connectivity index (χ3v) is 7.73. The van der Waals surface area contributed by atoms with Gasteiger partial charge in [-0.2, -0.15) is 0 Å². The molecule has 8 heteroatoms. The average molecular weight is 553 g/mol. The van der Waals surface area contributed by atoms with Crippen LogP contribution in [0, 0.1) is 0 Å². The smallest absolute Gasteiger partial charge is 0.301 e. The van der Waals surface area contributed by atoms with Crippen molar-refractivity contribution >= 4 is 55.7 Å². The highest BCUT2D eigenvalue weighted by Crippen LogP contribution is 2.44. The van der Waals surface area contributed by atoms with Crippen molar-refractivity contribution in [3.05, 3.63) is 130 Å². The predicted octanol–water partition coefficient (Wildman–Crippen LogP) is 7.16. The van der Waals surface area contributed by atoms with Crippen molar-refractivity contribution in [3.8, 4) is 5.75 Å². The second-order valence-electron chi connectivity index (χ2n) is 8.99. The van der Waals surface area contributed by atoms with Crippen LogP contribution in [0.1, 0.15) is 22.7 Å². The molecule has 6 rings (SSSR count). The number of amides is 1. The number of anilines is 1. The van der Waals surface area contributed by atoms with Gasteiger partial charge in [0.2, 0.25) is 0 Å². The van der Waals surface area contributed by atoms with Crippen LogP contribution in [0.5, 0.6) is 5.75 Å². The fourth-order valence-electron chi connectivity index (χ4n) is 4.57. The summed E-state index contributed by atoms with van der Waals surface area (Å²) in [5.41, 5.74) is 2.78. The van der Waals surface area contributed by atoms with E-state index in [1.54, 1.807) is 66.7 Å². The Bertz CT molecular complexity index is 1720. The number of rotatable bonds is 6. The number of aliphatic hydroxyl groups is 1. The quantitative estimate of drug-likeness (QED) is 0.137. The lowest BCUT2D eigenvalue weighted by molar-refractivity contribution is -0.132. The number of ether oxygens (including phenoxy) is 1. The number of Topliss-reactive ketones (excluding diaryl/α,β-unsaturated/α-hetero) is 1. The average Bonchev–Trinajstić information content (AvgIpc) is 3.50. The molecule has 5 aromatic rings. The normalized spacial score (nSPS) is 16.6. The maximum absolute atomic E-state index is 13.5. The number of ketones is 1. The van der Waals surface area contributed by atoms with Crippen LogP contribution in [-0.4, -0.2) is 21.8 Å². The Morgan fingerprint density at radius 2 is 1.62 bits per heavy atom. The van der Waals surface area contributed by atoms with E-state index in [4.69, 9.17) is 16.3 Å². The predicted molar refractivity (Wildman–Crippen MR) is 153 cm³/mol. The first kappa shape index (κ1) is 24.9. The summed E-state index contributed by atoms with van der Waals surface area (Å²) in [6.07, 6.45) is 0. The molecule has 0 radical (unpaired) electrons. The lowest BCUT2D eigenvalue weighted by Crippen LogP contribution is -2.29. The van der Waals surface area contributed by atoms with Crippen LogP contribution < -0.4 is 9.64 Å². The molecular weight excluding hydrogens is 532 g/mol. The molecule has 0 aliphatic carbocycles. The van der Waals surface area contributed by atoms with Crippen molar-refractivity contribution in [1.29, 1.82) is 0 Å². The van der Waals surface area contributed by atoms with Crippen LogP contribution in [0.4, 0.5) is 5.13 Å². The van der Waals surface area contributed by atoms with Gasteiger partial charge in [-0.3, -0.25) is 14.5 Å².